The van der Waals surface area contributed by atoms with Crippen LogP contribution in [0.1, 0.15) is 18.1 Å². The van der Waals surface area contributed by atoms with E-state index >= 15 is 0 Å². The predicted octanol–water partition coefficient (Wildman–Crippen LogP) is 2.90. The van der Waals surface area contributed by atoms with E-state index in [2.05, 4.69) is 23.0 Å². The van der Waals surface area contributed by atoms with Crippen LogP contribution in [0.2, 0.25) is 0 Å². The molecule has 0 amide bonds. The van der Waals surface area contributed by atoms with E-state index in [1.54, 1.807) is 0 Å². The molecule has 3 rings (SSSR count). The number of aryl methyl sites for hydroxylation is 3. The lowest BCUT2D eigenvalue weighted by atomic mass is 10.1. The highest BCUT2D eigenvalue weighted by Gasteiger charge is 2.13. The van der Waals surface area contributed by atoms with Crippen LogP contribution in [0, 0.1) is 6.92 Å². The van der Waals surface area contributed by atoms with Crippen LogP contribution >= 0.6 is 0 Å². The van der Waals surface area contributed by atoms with Crippen LogP contribution in [0.25, 0.3) is 22.6 Å². The molecule has 3 heterocycles. The van der Waals surface area contributed by atoms with Gasteiger partial charge in [-0.3, -0.25) is 4.98 Å². The Labute approximate surface area is 112 Å². The Hall–Kier alpha value is -2.23. The first-order valence-corrected chi connectivity index (χ1v) is 6.43. The van der Waals surface area contributed by atoms with Gasteiger partial charge in [0, 0.05) is 31.2 Å². The van der Waals surface area contributed by atoms with Gasteiger partial charge in [-0.2, -0.15) is 0 Å². The summed E-state index contributed by atoms with van der Waals surface area (Å²) in [4.78, 5) is 13.4. The third-order valence-electron chi connectivity index (χ3n) is 3.37. The van der Waals surface area contributed by atoms with Crippen LogP contribution < -0.4 is 0 Å². The summed E-state index contributed by atoms with van der Waals surface area (Å²) in [7, 11) is 2.01. The van der Waals surface area contributed by atoms with Crippen molar-refractivity contribution >= 4 is 11.2 Å². The number of aromatic nitrogens is 4. The van der Waals surface area contributed by atoms with Crippen LogP contribution in [0.4, 0.5) is 0 Å². The maximum atomic E-state index is 4.72. The van der Waals surface area contributed by atoms with Crippen LogP contribution in [0.15, 0.2) is 30.7 Å². The number of fused-ring (bicyclic) bond motifs is 1. The van der Waals surface area contributed by atoms with Crippen LogP contribution in [0.5, 0.6) is 0 Å². The summed E-state index contributed by atoms with van der Waals surface area (Å²) in [5.41, 5.74) is 5.33. The second-order valence-corrected chi connectivity index (χ2v) is 4.74. The molecule has 0 radical (unpaired) electrons. The Bertz CT molecular complexity index is 743. The van der Waals surface area contributed by atoms with Crippen molar-refractivity contribution in [2.24, 2.45) is 7.05 Å². The normalized spacial score (nSPS) is 11.1. The zero-order valence-electron chi connectivity index (χ0n) is 11.4. The molecule has 0 aliphatic heterocycles. The van der Waals surface area contributed by atoms with E-state index < -0.39 is 0 Å². The van der Waals surface area contributed by atoms with Gasteiger partial charge in [0.05, 0.1) is 0 Å². The van der Waals surface area contributed by atoms with E-state index in [-0.39, 0.29) is 0 Å². The second-order valence-electron chi connectivity index (χ2n) is 4.74. The lowest BCUT2D eigenvalue weighted by molar-refractivity contribution is 0.935. The van der Waals surface area contributed by atoms with Crippen molar-refractivity contribution in [1.82, 2.24) is 19.5 Å². The number of rotatable bonds is 2. The van der Waals surface area contributed by atoms with E-state index in [9.17, 15) is 0 Å². The number of nitrogens with zero attached hydrogens (tertiary/aromatic N) is 4. The van der Waals surface area contributed by atoms with Gasteiger partial charge < -0.3 is 4.57 Å². The van der Waals surface area contributed by atoms with Crippen LogP contribution in [-0.2, 0) is 13.5 Å². The molecule has 4 nitrogen and oxygen atoms in total. The van der Waals surface area contributed by atoms with Gasteiger partial charge in [0.2, 0.25) is 0 Å². The number of hydrogen-bond acceptors (Lipinski definition) is 3. The summed E-state index contributed by atoms with van der Waals surface area (Å²) in [6.45, 7) is 4.16. The molecule has 0 saturated heterocycles. The highest BCUT2D eigenvalue weighted by molar-refractivity contribution is 5.78. The quantitative estimate of drug-likeness (QED) is 0.704. The summed E-state index contributed by atoms with van der Waals surface area (Å²) in [6, 6.07) is 4.09. The van der Waals surface area contributed by atoms with Gasteiger partial charge in [-0.25, -0.2) is 9.97 Å². The van der Waals surface area contributed by atoms with Crippen LogP contribution in [-0.4, -0.2) is 19.5 Å². The molecule has 0 aliphatic rings. The molecule has 96 valence electrons. The molecule has 0 saturated carbocycles. The first-order valence-electron chi connectivity index (χ1n) is 6.43. The molecule has 0 N–H and O–H groups in total. The van der Waals surface area contributed by atoms with Crippen molar-refractivity contribution in [2.45, 2.75) is 20.3 Å². The average molecular weight is 252 g/mol. The highest BCUT2D eigenvalue weighted by atomic mass is 15.1. The van der Waals surface area contributed by atoms with Crippen molar-refractivity contribution in [2.75, 3.05) is 0 Å². The summed E-state index contributed by atoms with van der Waals surface area (Å²) in [6.07, 6.45) is 6.54. The summed E-state index contributed by atoms with van der Waals surface area (Å²) in [5, 5.41) is 0. The van der Waals surface area contributed by atoms with Gasteiger partial charge in [0.25, 0.3) is 0 Å². The van der Waals surface area contributed by atoms with Crippen molar-refractivity contribution in [3.63, 3.8) is 0 Å². The lowest BCUT2D eigenvalue weighted by Crippen LogP contribution is -1.97. The zero-order chi connectivity index (χ0) is 13.4. The molecule has 0 atom stereocenters. The van der Waals surface area contributed by atoms with Crippen molar-refractivity contribution in [3.05, 3.63) is 41.9 Å². The van der Waals surface area contributed by atoms with Crippen LogP contribution in [0.3, 0.4) is 0 Å². The highest BCUT2D eigenvalue weighted by Crippen LogP contribution is 2.25. The lowest BCUT2D eigenvalue weighted by Gasteiger charge is -2.06. The minimum atomic E-state index is 0.916. The van der Waals surface area contributed by atoms with Crippen molar-refractivity contribution < 1.29 is 0 Å². The van der Waals surface area contributed by atoms with Gasteiger partial charge in [-0.1, -0.05) is 6.92 Å². The second kappa shape index (κ2) is 4.46. The smallest absolute Gasteiger partial charge is 0.160 e. The maximum absolute atomic E-state index is 4.72. The SMILES string of the molecule is CCc1cnccc1-c1nc2cc(C)cnc2n1C. The summed E-state index contributed by atoms with van der Waals surface area (Å²) < 4.78 is 2.04. The molecule has 0 unspecified atom stereocenters. The number of pyridine rings is 2. The number of hydrogen-bond donors (Lipinski definition) is 0. The Morgan fingerprint density at radius 3 is 2.89 bits per heavy atom. The molecular weight excluding hydrogens is 236 g/mol. The monoisotopic (exact) mass is 252 g/mol. The summed E-state index contributed by atoms with van der Waals surface area (Å²) >= 11 is 0. The molecule has 0 aromatic carbocycles. The predicted molar refractivity (Wildman–Crippen MR) is 75.9 cm³/mol. The van der Waals surface area contributed by atoms with Crippen molar-refractivity contribution in [3.8, 4) is 11.4 Å². The fraction of sp³-hybridized carbons (Fsp3) is 0.267. The van der Waals surface area contributed by atoms with E-state index in [0.29, 0.717) is 0 Å². The van der Waals surface area contributed by atoms with E-state index in [4.69, 9.17) is 4.98 Å². The van der Waals surface area contributed by atoms with E-state index in [1.807, 2.05) is 43.2 Å². The van der Waals surface area contributed by atoms with E-state index in [0.717, 1.165) is 34.5 Å². The first-order chi connectivity index (χ1) is 9.20. The first kappa shape index (κ1) is 11.8. The molecule has 0 aliphatic carbocycles. The molecule has 4 heteroatoms. The maximum Gasteiger partial charge on any atom is 0.160 e. The fourth-order valence-electron chi connectivity index (χ4n) is 2.34. The fourth-order valence-corrected chi connectivity index (χ4v) is 2.34. The molecule has 0 spiro atoms. The van der Waals surface area contributed by atoms with E-state index in [1.165, 1.54) is 5.56 Å². The molecule has 0 fully saturated rings. The topological polar surface area (TPSA) is 43.6 Å². The Balaban J connectivity index is 2.28. The Morgan fingerprint density at radius 1 is 1.26 bits per heavy atom. The van der Waals surface area contributed by atoms with Gasteiger partial charge >= 0.3 is 0 Å². The van der Waals surface area contributed by atoms with Gasteiger partial charge in [-0.05, 0) is 36.6 Å². The standard InChI is InChI=1S/C15H16N4/c1-4-11-9-16-6-5-12(11)14-18-13-7-10(2)8-17-15(13)19(14)3/h5-9H,4H2,1-3H3. The minimum Gasteiger partial charge on any atom is -0.312 e. The molecule has 3 aromatic rings. The minimum absolute atomic E-state index is 0.916. The van der Waals surface area contributed by atoms with Gasteiger partial charge in [0.1, 0.15) is 11.3 Å². The van der Waals surface area contributed by atoms with Gasteiger partial charge in [-0.15, -0.1) is 0 Å². The Kier molecular flexibility index (Phi) is 2.78. The largest absolute Gasteiger partial charge is 0.312 e. The number of imidazole rings is 1. The zero-order valence-corrected chi connectivity index (χ0v) is 11.4. The van der Waals surface area contributed by atoms with Crippen molar-refractivity contribution in [1.29, 1.82) is 0 Å². The molecular formula is C15H16N4. The molecule has 19 heavy (non-hydrogen) atoms. The summed E-state index contributed by atoms with van der Waals surface area (Å²) in [5.74, 6) is 0.951. The third kappa shape index (κ3) is 1.89. The molecule has 0 bridgehead atoms. The average Bonchev–Trinajstić information content (AvgIpc) is 2.75. The third-order valence-corrected chi connectivity index (χ3v) is 3.37. The van der Waals surface area contributed by atoms with Gasteiger partial charge in [0.15, 0.2) is 5.65 Å². The molecule has 3 aromatic heterocycles. The Morgan fingerprint density at radius 2 is 2.11 bits per heavy atom.